The van der Waals surface area contributed by atoms with Gasteiger partial charge in [0.2, 0.25) is 5.91 Å². The first-order chi connectivity index (χ1) is 19.2. The molecule has 0 radical (unpaired) electrons. The maximum atomic E-state index is 13.2. The van der Waals surface area contributed by atoms with Crippen LogP contribution in [-0.4, -0.2) is 38.7 Å². The van der Waals surface area contributed by atoms with E-state index in [2.05, 4.69) is 10.6 Å². The molecule has 4 aromatic rings. The number of benzene rings is 3. The van der Waals surface area contributed by atoms with Crippen LogP contribution in [0.1, 0.15) is 29.1 Å². The van der Waals surface area contributed by atoms with Crippen LogP contribution in [0.5, 0.6) is 17.2 Å². The molecule has 2 heterocycles. The van der Waals surface area contributed by atoms with E-state index in [9.17, 15) is 9.59 Å². The Hall–Kier alpha value is -4.50. The third kappa shape index (κ3) is 4.96. The number of methoxy groups -OCH3 is 2. The highest BCUT2D eigenvalue weighted by atomic mass is 32.1. The largest absolute Gasteiger partial charge is 0.496 e. The van der Waals surface area contributed by atoms with E-state index >= 15 is 0 Å². The van der Waals surface area contributed by atoms with E-state index in [0.29, 0.717) is 28.7 Å². The fraction of sp³-hybridized carbons (Fsp3) is 0.226. The molecule has 1 aliphatic heterocycles. The minimum Gasteiger partial charge on any atom is -0.496 e. The van der Waals surface area contributed by atoms with Crippen LogP contribution in [-0.2, 0) is 11.3 Å². The van der Waals surface area contributed by atoms with Gasteiger partial charge in [0.15, 0.2) is 0 Å². The van der Waals surface area contributed by atoms with Crippen molar-refractivity contribution in [3.05, 3.63) is 82.6 Å². The molecule has 0 bridgehead atoms. The summed E-state index contributed by atoms with van der Waals surface area (Å²) in [5.41, 5.74) is 4.27. The molecule has 3 aromatic carbocycles. The zero-order chi connectivity index (χ0) is 28.4. The number of carbonyl (C=O) groups is 2. The number of rotatable bonds is 8. The SMILES string of the molecule is COc1ccccc1NCc1c(-c2ccc(OC(=O)c3cccs3)cc2OC)ccc2c1NC(=O)C(C)(C)N2C. The summed E-state index contributed by atoms with van der Waals surface area (Å²) in [6.45, 7) is 4.18. The van der Waals surface area contributed by atoms with Crippen LogP contribution in [0.25, 0.3) is 11.1 Å². The molecule has 2 N–H and O–H groups in total. The maximum absolute atomic E-state index is 13.2. The summed E-state index contributed by atoms with van der Waals surface area (Å²) in [7, 11) is 5.13. The van der Waals surface area contributed by atoms with E-state index in [0.717, 1.165) is 33.8 Å². The third-order valence-corrected chi connectivity index (χ3v) is 8.09. The molecule has 9 heteroatoms. The van der Waals surface area contributed by atoms with Gasteiger partial charge in [0.1, 0.15) is 27.7 Å². The zero-order valence-corrected chi connectivity index (χ0v) is 23.8. The number of para-hydroxylation sites is 2. The predicted molar refractivity (Wildman–Crippen MR) is 159 cm³/mol. The number of likely N-dealkylation sites (N-methyl/N-ethyl adjacent to an activating group) is 1. The number of nitrogens with one attached hydrogen (secondary N) is 2. The fourth-order valence-electron chi connectivity index (χ4n) is 4.69. The van der Waals surface area contributed by atoms with Crippen molar-refractivity contribution in [3.63, 3.8) is 0 Å². The quantitative estimate of drug-likeness (QED) is 0.191. The lowest BCUT2D eigenvalue weighted by molar-refractivity contribution is -0.120. The van der Waals surface area contributed by atoms with Gasteiger partial charge in [0.25, 0.3) is 0 Å². The number of thiophene rings is 1. The first kappa shape index (κ1) is 27.1. The topological polar surface area (TPSA) is 89.1 Å². The van der Waals surface area contributed by atoms with Crippen LogP contribution in [0.3, 0.4) is 0 Å². The average Bonchev–Trinajstić information content (AvgIpc) is 3.51. The Labute approximate surface area is 237 Å². The lowest BCUT2D eigenvalue weighted by atomic mass is 9.91. The Morgan fingerprint density at radius 1 is 0.975 bits per heavy atom. The Balaban J connectivity index is 1.58. The predicted octanol–water partition coefficient (Wildman–Crippen LogP) is 6.43. The van der Waals surface area contributed by atoms with E-state index in [-0.39, 0.29) is 5.91 Å². The van der Waals surface area contributed by atoms with Gasteiger partial charge in [-0.2, -0.15) is 0 Å². The summed E-state index contributed by atoms with van der Waals surface area (Å²) in [6, 6.07) is 20.5. The molecule has 0 saturated heterocycles. The number of nitrogens with zero attached hydrogens (tertiary/aromatic N) is 1. The van der Waals surface area contributed by atoms with Gasteiger partial charge in [-0.1, -0.05) is 24.3 Å². The molecule has 0 atom stereocenters. The number of amides is 1. The summed E-state index contributed by atoms with van der Waals surface area (Å²) in [6.07, 6.45) is 0. The highest BCUT2D eigenvalue weighted by molar-refractivity contribution is 7.12. The van der Waals surface area contributed by atoms with E-state index in [1.165, 1.54) is 11.3 Å². The Kier molecular flexibility index (Phi) is 7.40. The summed E-state index contributed by atoms with van der Waals surface area (Å²) < 4.78 is 16.9. The van der Waals surface area contributed by atoms with E-state index in [1.807, 2.05) is 73.6 Å². The molecule has 8 nitrogen and oxygen atoms in total. The second-order valence-corrected chi connectivity index (χ2v) is 10.8. The van der Waals surface area contributed by atoms with Gasteiger partial charge in [-0.3, -0.25) is 4.79 Å². The van der Waals surface area contributed by atoms with Crippen molar-refractivity contribution in [2.75, 3.05) is 36.8 Å². The second-order valence-electron chi connectivity index (χ2n) is 9.84. The molecule has 40 heavy (non-hydrogen) atoms. The maximum Gasteiger partial charge on any atom is 0.353 e. The molecule has 0 unspecified atom stereocenters. The van der Waals surface area contributed by atoms with Crippen LogP contribution in [0.4, 0.5) is 17.1 Å². The zero-order valence-electron chi connectivity index (χ0n) is 23.0. The molecular weight excluding hydrogens is 526 g/mol. The molecule has 206 valence electrons. The summed E-state index contributed by atoms with van der Waals surface area (Å²) in [4.78, 5) is 28.2. The number of carbonyl (C=O) groups excluding carboxylic acids is 2. The van der Waals surface area contributed by atoms with Crippen LogP contribution >= 0.6 is 11.3 Å². The van der Waals surface area contributed by atoms with Crippen molar-refractivity contribution >= 4 is 40.3 Å². The molecule has 0 fully saturated rings. The van der Waals surface area contributed by atoms with Gasteiger partial charge in [-0.15, -0.1) is 11.3 Å². The Bertz CT molecular complexity index is 1570. The van der Waals surface area contributed by atoms with Crippen molar-refractivity contribution in [3.8, 4) is 28.4 Å². The van der Waals surface area contributed by atoms with Crippen molar-refractivity contribution in [1.82, 2.24) is 0 Å². The number of ether oxygens (including phenoxy) is 3. The van der Waals surface area contributed by atoms with E-state index < -0.39 is 11.5 Å². The van der Waals surface area contributed by atoms with Crippen molar-refractivity contribution in [1.29, 1.82) is 0 Å². The normalized spacial score (nSPS) is 13.7. The smallest absolute Gasteiger partial charge is 0.353 e. The highest BCUT2D eigenvalue weighted by Gasteiger charge is 2.39. The first-order valence-corrected chi connectivity index (χ1v) is 13.6. The van der Waals surface area contributed by atoms with Crippen LogP contribution < -0.4 is 29.7 Å². The number of hydrogen-bond acceptors (Lipinski definition) is 8. The van der Waals surface area contributed by atoms with Gasteiger partial charge < -0.3 is 29.7 Å². The molecule has 0 spiro atoms. The molecule has 1 aromatic heterocycles. The van der Waals surface area contributed by atoms with Crippen molar-refractivity contribution < 1.29 is 23.8 Å². The second kappa shape index (κ2) is 10.9. The van der Waals surface area contributed by atoms with Gasteiger partial charge in [-0.25, -0.2) is 4.79 Å². The summed E-state index contributed by atoms with van der Waals surface area (Å²) in [5.74, 6) is 1.10. The van der Waals surface area contributed by atoms with E-state index in [1.54, 1.807) is 38.5 Å². The Morgan fingerprint density at radius 2 is 1.73 bits per heavy atom. The van der Waals surface area contributed by atoms with Gasteiger partial charge >= 0.3 is 5.97 Å². The minimum atomic E-state index is -0.715. The highest BCUT2D eigenvalue weighted by Crippen LogP contribution is 2.45. The number of hydrogen-bond donors (Lipinski definition) is 2. The number of esters is 1. The van der Waals surface area contributed by atoms with Gasteiger partial charge in [0, 0.05) is 30.8 Å². The molecule has 1 aliphatic rings. The molecule has 0 aliphatic carbocycles. The van der Waals surface area contributed by atoms with Crippen molar-refractivity contribution in [2.45, 2.75) is 25.9 Å². The van der Waals surface area contributed by atoms with Gasteiger partial charge in [0.05, 0.1) is 31.3 Å². The molecule has 5 rings (SSSR count). The van der Waals surface area contributed by atoms with Crippen LogP contribution in [0.2, 0.25) is 0 Å². The minimum absolute atomic E-state index is 0.0963. The van der Waals surface area contributed by atoms with Crippen LogP contribution in [0.15, 0.2) is 72.1 Å². The summed E-state index contributed by atoms with van der Waals surface area (Å²) in [5, 5.41) is 8.46. The first-order valence-electron chi connectivity index (χ1n) is 12.8. The van der Waals surface area contributed by atoms with Gasteiger partial charge in [-0.05, 0) is 61.2 Å². The standard InChI is InChI=1S/C31H31N3O5S/c1-31(2)30(36)33-28-22(18-32-23-9-6-7-10-25(23)37-4)20(14-15-24(28)34(31)3)21-13-12-19(17-26(21)38-5)39-29(35)27-11-8-16-40-27/h6-17,32H,18H2,1-5H3,(H,33,36). The van der Waals surface area contributed by atoms with E-state index in [4.69, 9.17) is 14.2 Å². The number of anilines is 3. The fourth-order valence-corrected chi connectivity index (χ4v) is 5.29. The molecular formula is C31H31N3O5S. The number of fused-ring (bicyclic) bond motifs is 1. The Morgan fingerprint density at radius 3 is 2.45 bits per heavy atom. The summed E-state index contributed by atoms with van der Waals surface area (Å²) >= 11 is 1.32. The monoisotopic (exact) mass is 557 g/mol. The van der Waals surface area contributed by atoms with Crippen molar-refractivity contribution in [2.24, 2.45) is 0 Å². The van der Waals surface area contributed by atoms with Crippen LogP contribution in [0, 0.1) is 0 Å². The lowest BCUT2D eigenvalue weighted by Gasteiger charge is -2.42. The molecule has 1 amide bonds. The average molecular weight is 558 g/mol. The lowest BCUT2D eigenvalue weighted by Crippen LogP contribution is -2.54. The third-order valence-electron chi connectivity index (χ3n) is 7.24. The molecule has 0 saturated carbocycles.